The summed E-state index contributed by atoms with van der Waals surface area (Å²) in [5.41, 5.74) is 2.16. The first kappa shape index (κ1) is 19.2. The second-order valence-corrected chi connectivity index (χ2v) is 6.58. The maximum Gasteiger partial charge on any atom is 0.313 e. The fourth-order valence-electron chi connectivity index (χ4n) is 2.57. The number of hydrogen-bond donors (Lipinski definition) is 1. The van der Waals surface area contributed by atoms with Gasteiger partial charge in [-0.2, -0.15) is 0 Å². The van der Waals surface area contributed by atoms with Gasteiger partial charge in [0.2, 0.25) is 5.75 Å². The largest absolute Gasteiger partial charge is 0.419 e. The lowest BCUT2D eigenvalue weighted by atomic mass is 10.1. The van der Waals surface area contributed by atoms with Crippen LogP contribution >= 0.6 is 15.9 Å². The van der Waals surface area contributed by atoms with Gasteiger partial charge in [0.15, 0.2) is 0 Å². The van der Waals surface area contributed by atoms with Crippen LogP contribution < -0.4 is 15.2 Å². The number of ether oxygens (including phenoxy) is 1. The van der Waals surface area contributed by atoms with Gasteiger partial charge in [-0.1, -0.05) is 34.1 Å². The van der Waals surface area contributed by atoms with Crippen molar-refractivity contribution in [3.05, 3.63) is 68.2 Å². The first-order valence-electron chi connectivity index (χ1n) is 7.86. The molecule has 1 N–H and O–H groups in total. The number of amides is 2. The molecule has 28 heavy (non-hydrogen) atoms. The lowest BCUT2D eigenvalue weighted by molar-refractivity contribution is -0.385. The van der Waals surface area contributed by atoms with Crippen molar-refractivity contribution >= 4 is 51.2 Å². The number of carbonyl (C=O) groups is 3. The molecule has 1 heterocycles. The molecule has 10 heteroatoms. The van der Waals surface area contributed by atoms with Crippen molar-refractivity contribution in [2.75, 3.05) is 5.01 Å². The Labute approximate surface area is 166 Å². The van der Waals surface area contributed by atoms with Gasteiger partial charge in [0, 0.05) is 23.0 Å². The molecule has 0 radical (unpaired) electrons. The average molecular weight is 446 g/mol. The topological polar surface area (TPSA) is 119 Å². The number of nitro groups is 1. The molecule has 1 fully saturated rings. The van der Waals surface area contributed by atoms with E-state index in [1.54, 1.807) is 30.3 Å². The second kappa shape index (κ2) is 7.61. The van der Waals surface area contributed by atoms with E-state index in [-0.39, 0.29) is 16.9 Å². The van der Waals surface area contributed by atoms with Crippen LogP contribution in [0.2, 0.25) is 0 Å². The zero-order chi connectivity index (χ0) is 20.4. The minimum atomic E-state index is -0.779. The van der Waals surface area contributed by atoms with Crippen molar-refractivity contribution in [3.8, 4) is 5.75 Å². The molecule has 9 nitrogen and oxygen atoms in total. The van der Waals surface area contributed by atoms with Crippen molar-refractivity contribution in [1.82, 2.24) is 5.43 Å². The predicted octanol–water partition coefficient (Wildman–Crippen LogP) is 2.74. The number of hydrazine groups is 1. The summed E-state index contributed by atoms with van der Waals surface area (Å²) in [4.78, 5) is 47.0. The van der Waals surface area contributed by atoms with Gasteiger partial charge in [-0.25, -0.2) is 5.01 Å². The number of rotatable bonds is 4. The van der Waals surface area contributed by atoms with Gasteiger partial charge >= 0.3 is 11.7 Å². The van der Waals surface area contributed by atoms with Crippen LogP contribution in [0.5, 0.6) is 5.75 Å². The molecule has 1 saturated heterocycles. The Morgan fingerprint density at radius 1 is 1.25 bits per heavy atom. The Kier molecular flexibility index (Phi) is 5.23. The summed E-state index contributed by atoms with van der Waals surface area (Å²) >= 11 is 3.14. The van der Waals surface area contributed by atoms with Crippen molar-refractivity contribution in [2.24, 2.45) is 0 Å². The number of benzene rings is 2. The number of halogens is 1. The third-order valence-corrected chi connectivity index (χ3v) is 4.17. The summed E-state index contributed by atoms with van der Waals surface area (Å²) in [6, 6.07) is 11.0. The van der Waals surface area contributed by atoms with Crippen LogP contribution in [0.15, 0.2) is 52.5 Å². The molecule has 1 aliphatic rings. The maximum absolute atomic E-state index is 12.7. The van der Waals surface area contributed by atoms with E-state index < -0.39 is 28.4 Å². The molecule has 0 atom stereocenters. The molecular formula is C18H12BrN3O6. The van der Waals surface area contributed by atoms with E-state index in [1.165, 1.54) is 6.07 Å². The molecule has 3 rings (SSSR count). The highest BCUT2D eigenvalue weighted by atomic mass is 79.9. The van der Waals surface area contributed by atoms with Crippen LogP contribution in [0.3, 0.4) is 0 Å². The quantitative estimate of drug-likeness (QED) is 0.193. The molecule has 0 saturated carbocycles. The third-order valence-electron chi connectivity index (χ3n) is 3.71. The summed E-state index contributed by atoms with van der Waals surface area (Å²) in [6.45, 7) is 1.09. The molecule has 1 aliphatic heterocycles. The Bertz CT molecular complexity index is 1040. The van der Waals surface area contributed by atoms with E-state index in [4.69, 9.17) is 4.74 Å². The summed E-state index contributed by atoms with van der Waals surface area (Å²) in [5.74, 6) is -2.47. The number of anilines is 1. The van der Waals surface area contributed by atoms with Crippen molar-refractivity contribution in [1.29, 1.82) is 0 Å². The predicted molar refractivity (Wildman–Crippen MR) is 102 cm³/mol. The van der Waals surface area contributed by atoms with Gasteiger partial charge in [0.05, 0.1) is 10.6 Å². The smallest absolute Gasteiger partial charge is 0.313 e. The van der Waals surface area contributed by atoms with Crippen LogP contribution in [-0.2, 0) is 14.4 Å². The zero-order valence-corrected chi connectivity index (χ0v) is 15.9. The van der Waals surface area contributed by atoms with E-state index in [1.807, 2.05) is 0 Å². The molecular weight excluding hydrogens is 434 g/mol. The Hall–Kier alpha value is -3.53. The zero-order valence-electron chi connectivity index (χ0n) is 14.3. The third kappa shape index (κ3) is 3.76. The number of carbonyl (C=O) groups excluding carboxylic acids is 3. The van der Waals surface area contributed by atoms with Crippen LogP contribution in [0.4, 0.5) is 11.4 Å². The van der Waals surface area contributed by atoms with E-state index in [9.17, 15) is 24.5 Å². The molecule has 2 aromatic carbocycles. The van der Waals surface area contributed by atoms with Gasteiger partial charge in [-0.15, -0.1) is 0 Å². The summed E-state index contributed by atoms with van der Waals surface area (Å²) in [7, 11) is 0. The van der Waals surface area contributed by atoms with Gasteiger partial charge in [0.1, 0.15) is 5.57 Å². The molecule has 0 aliphatic carbocycles. The second-order valence-electron chi connectivity index (χ2n) is 5.67. The highest BCUT2D eigenvalue weighted by Gasteiger charge is 2.35. The Morgan fingerprint density at radius 3 is 2.54 bits per heavy atom. The fraction of sp³-hybridized carbons (Fsp3) is 0.0556. The first-order valence-corrected chi connectivity index (χ1v) is 8.65. The molecule has 0 spiro atoms. The minimum absolute atomic E-state index is 0.0321. The SMILES string of the molecule is CC(=O)Oc1c(/C=C2/C(=O)NN(c3ccccc3)C2=O)cc(Br)cc1[N+](=O)[O-]. The number of hydrogen-bond acceptors (Lipinski definition) is 6. The van der Waals surface area contributed by atoms with Crippen LogP contribution in [-0.4, -0.2) is 22.7 Å². The van der Waals surface area contributed by atoms with Gasteiger partial charge in [-0.05, 0) is 24.3 Å². The van der Waals surface area contributed by atoms with Crippen molar-refractivity contribution in [3.63, 3.8) is 0 Å². The monoisotopic (exact) mass is 445 g/mol. The van der Waals surface area contributed by atoms with Crippen molar-refractivity contribution < 1.29 is 24.0 Å². The highest BCUT2D eigenvalue weighted by Crippen LogP contribution is 2.36. The van der Waals surface area contributed by atoms with E-state index in [0.29, 0.717) is 10.2 Å². The normalized spacial score (nSPS) is 14.9. The van der Waals surface area contributed by atoms with Crippen molar-refractivity contribution in [2.45, 2.75) is 6.92 Å². The first-order chi connectivity index (χ1) is 13.3. The lowest BCUT2D eigenvalue weighted by Crippen LogP contribution is -2.35. The van der Waals surface area contributed by atoms with E-state index >= 15 is 0 Å². The standard InChI is InChI=1S/C18H12BrN3O6/c1-10(23)28-16-11(7-12(19)9-15(16)22(26)27)8-14-17(24)20-21(18(14)25)13-5-3-2-4-6-13/h2-9H,1H3,(H,20,24)/b14-8-. The van der Waals surface area contributed by atoms with E-state index in [0.717, 1.165) is 24.1 Å². The van der Waals surface area contributed by atoms with Gasteiger partial charge < -0.3 is 4.74 Å². The van der Waals surface area contributed by atoms with Crippen LogP contribution in [0.1, 0.15) is 12.5 Å². The fourth-order valence-corrected chi connectivity index (χ4v) is 3.03. The number of esters is 1. The maximum atomic E-state index is 12.7. The molecule has 2 aromatic rings. The van der Waals surface area contributed by atoms with Gasteiger partial charge in [-0.3, -0.25) is 29.9 Å². The van der Waals surface area contributed by atoms with Crippen LogP contribution in [0.25, 0.3) is 6.08 Å². The number of para-hydroxylation sites is 1. The lowest BCUT2D eigenvalue weighted by Gasteiger charge is -2.13. The van der Waals surface area contributed by atoms with Crippen LogP contribution in [0, 0.1) is 10.1 Å². The highest BCUT2D eigenvalue weighted by molar-refractivity contribution is 9.10. The van der Waals surface area contributed by atoms with Gasteiger partial charge in [0.25, 0.3) is 11.8 Å². The Balaban J connectivity index is 2.10. The number of nitrogens with zero attached hydrogens (tertiary/aromatic N) is 2. The molecule has 0 bridgehead atoms. The molecule has 2 amide bonds. The average Bonchev–Trinajstić information content (AvgIpc) is 2.92. The van der Waals surface area contributed by atoms with E-state index in [2.05, 4.69) is 21.4 Å². The summed E-state index contributed by atoms with van der Waals surface area (Å²) in [6.07, 6.45) is 1.15. The number of nitro benzene ring substituents is 1. The summed E-state index contributed by atoms with van der Waals surface area (Å²) < 4.78 is 5.30. The molecule has 0 unspecified atom stereocenters. The minimum Gasteiger partial charge on any atom is -0.419 e. The molecule has 142 valence electrons. The number of nitrogens with one attached hydrogen (secondary N) is 1. The Morgan fingerprint density at radius 2 is 1.93 bits per heavy atom. The summed E-state index contributed by atoms with van der Waals surface area (Å²) in [5, 5.41) is 12.4. The molecule has 0 aromatic heterocycles.